The number of aliphatic imine (C=N–C) groups is 1. The standard InChI is InChI=1S/C14H18F3N7S/c1-9-7-22-11(25-9)8-23-12(18-2)20-5-6-21-13-19-4-3-10(24-13)14(15,16)17/h3-4,7H,5-6,8H2,1-2H3,(H2,18,20,23)(H,19,21,24). The third kappa shape index (κ3) is 6.18. The van der Waals surface area contributed by atoms with Gasteiger partial charge in [0.25, 0.3) is 0 Å². The first-order valence-electron chi connectivity index (χ1n) is 7.38. The molecule has 0 aromatic carbocycles. The second-order valence-electron chi connectivity index (χ2n) is 4.91. The van der Waals surface area contributed by atoms with E-state index in [0.29, 0.717) is 25.6 Å². The van der Waals surface area contributed by atoms with Gasteiger partial charge < -0.3 is 16.0 Å². The summed E-state index contributed by atoms with van der Waals surface area (Å²) in [5, 5.41) is 9.82. The van der Waals surface area contributed by atoms with Crippen LogP contribution >= 0.6 is 11.3 Å². The van der Waals surface area contributed by atoms with Gasteiger partial charge in [-0.05, 0) is 13.0 Å². The third-order valence-electron chi connectivity index (χ3n) is 2.95. The highest BCUT2D eigenvalue weighted by Crippen LogP contribution is 2.27. The van der Waals surface area contributed by atoms with Gasteiger partial charge in [-0.1, -0.05) is 0 Å². The zero-order valence-electron chi connectivity index (χ0n) is 13.7. The van der Waals surface area contributed by atoms with E-state index in [2.05, 4.69) is 35.9 Å². The maximum atomic E-state index is 12.6. The molecule has 0 atom stereocenters. The summed E-state index contributed by atoms with van der Waals surface area (Å²) in [6.07, 6.45) is -1.61. The summed E-state index contributed by atoms with van der Waals surface area (Å²) in [6, 6.07) is 0.829. The predicted molar refractivity (Wildman–Crippen MR) is 90.6 cm³/mol. The Bertz CT molecular complexity index is 714. The summed E-state index contributed by atoms with van der Waals surface area (Å²) < 4.78 is 37.7. The first-order chi connectivity index (χ1) is 11.9. The minimum Gasteiger partial charge on any atom is -0.355 e. The van der Waals surface area contributed by atoms with E-state index in [-0.39, 0.29) is 5.95 Å². The lowest BCUT2D eigenvalue weighted by Gasteiger charge is -2.12. The molecule has 0 saturated carbocycles. The van der Waals surface area contributed by atoms with Crippen LogP contribution in [-0.4, -0.2) is 41.0 Å². The molecule has 0 spiro atoms. The van der Waals surface area contributed by atoms with Crippen molar-refractivity contribution in [3.8, 4) is 0 Å². The fraction of sp³-hybridized carbons (Fsp3) is 0.429. The Labute approximate surface area is 146 Å². The highest BCUT2D eigenvalue weighted by Gasteiger charge is 2.32. The molecule has 2 aromatic rings. The number of hydrogen-bond acceptors (Lipinski definition) is 6. The molecule has 0 aliphatic heterocycles. The largest absolute Gasteiger partial charge is 0.433 e. The maximum absolute atomic E-state index is 12.6. The first-order valence-corrected chi connectivity index (χ1v) is 8.20. The molecule has 0 radical (unpaired) electrons. The van der Waals surface area contributed by atoms with Gasteiger partial charge in [-0.3, -0.25) is 4.99 Å². The second kappa shape index (κ2) is 8.60. The number of nitrogens with one attached hydrogen (secondary N) is 3. The van der Waals surface area contributed by atoms with E-state index >= 15 is 0 Å². The van der Waals surface area contributed by atoms with Crippen LogP contribution in [0.2, 0.25) is 0 Å². The summed E-state index contributed by atoms with van der Waals surface area (Å²) in [4.78, 5) is 16.6. The number of alkyl halides is 3. The lowest BCUT2D eigenvalue weighted by Crippen LogP contribution is -2.39. The lowest BCUT2D eigenvalue weighted by molar-refractivity contribution is -0.141. The summed E-state index contributed by atoms with van der Waals surface area (Å²) in [5.74, 6) is 0.498. The Balaban J connectivity index is 1.74. The van der Waals surface area contributed by atoms with Crippen molar-refractivity contribution in [3.05, 3.63) is 34.0 Å². The van der Waals surface area contributed by atoms with Crippen LogP contribution in [-0.2, 0) is 12.7 Å². The Kier molecular flexibility index (Phi) is 6.51. The molecule has 2 rings (SSSR count). The molecule has 2 aromatic heterocycles. The number of anilines is 1. The van der Waals surface area contributed by atoms with Crippen LogP contribution in [0.4, 0.5) is 19.1 Å². The van der Waals surface area contributed by atoms with Gasteiger partial charge in [-0.15, -0.1) is 11.3 Å². The van der Waals surface area contributed by atoms with E-state index in [4.69, 9.17) is 0 Å². The van der Waals surface area contributed by atoms with Gasteiger partial charge in [0.05, 0.1) is 6.54 Å². The summed E-state index contributed by atoms with van der Waals surface area (Å²) in [7, 11) is 1.63. The lowest BCUT2D eigenvalue weighted by atomic mass is 10.4. The normalized spacial score (nSPS) is 12.1. The van der Waals surface area contributed by atoms with Crippen LogP contribution in [0.25, 0.3) is 0 Å². The Hall–Kier alpha value is -2.43. The topological polar surface area (TPSA) is 87.1 Å². The van der Waals surface area contributed by atoms with Gasteiger partial charge in [0.2, 0.25) is 5.95 Å². The summed E-state index contributed by atoms with van der Waals surface area (Å²) in [6.45, 7) is 3.28. The van der Waals surface area contributed by atoms with Gasteiger partial charge >= 0.3 is 6.18 Å². The van der Waals surface area contributed by atoms with Crippen molar-refractivity contribution < 1.29 is 13.2 Å². The minimum absolute atomic E-state index is 0.0715. The molecule has 3 N–H and O–H groups in total. The Morgan fingerprint density at radius 3 is 2.68 bits per heavy atom. The molecule has 0 saturated heterocycles. The molecule has 0 aliphatic carbocycles. The maximum Gasteiger partial charge on any atom is 0.433 e. The number of aromatic nitrogens is 3. The van der Waals surface area contributed by atoms with Crippen molar-refractivity contribution in [2.45, 2.75) is 19.6 Å². The zero-order valence-corrected chi connectivity index (χ0v) is 14.5. The van der Waals surface area contributed by atoms with Crippen LogP contribution in [0, 0.1) is 6.92 Å². The van der Waals surface area contributed by atoms with E-state index in [9.17, 15) is 13.2 Å². The van der Waals surface area contributed by atoms with Crippen LogP contribution in [0.5, 0.6) is 0 Å². The number of aryl methyl sites for hydroxylation is 1. The number of hydrogen-bond donors (Lipinski definition) is 3. The van der Waals surface area contributed by atoms with Crippen LogP contribution < -0.4 is 16.0 Å². The van der Waals surface area contributed by atoms with Crippen molar-refractivity contribution in [3.63, 3.8) is 0 Å². The van der Waals surface area contributed by atoms with Crippen molar-refractivity contribution in [1.82, 2.24) is 25.6 Å². The van der Waals surface area contributed by atoms with E-state index < -0.39 is 11.9 Å². The molecule has 7 nitrogen and oxygen atoms in total. The summed E-state index contributed by atoms with van der Waals surface area (Å²) >= 11 is 1.59. The highest BCUT2D eigenvalue weighted by molar-refractivity contribution is 7.11. The Morgan fingerprint density at radius 1 is 1.24 bits per heavy atom. The van der Waals surface area contributed by atoms with E-state index in [1.165, 1.54) is 0 Å². The highest BCUT2D eigenvalue weighted by atomic mass is 32.1. The van der Waals surface area contributed by atoms with Gasteiger partial charge in [0.15, 0.2) is 5.96 Å². The zero-order chi connectivity index (χ0) is 18.3. The van der Waals surface area contributed by atoms with E-state index in [1.54, 1.807) is 24.6 Å². The van der Waals surface area contributed by atoms with Gasteiger partial charge in [-0.25, -0.2) is 15.0 Å². The van der Waals surface area contributed by atoms with E-state index in [0.717, 1.165) is 22.1 Å². The Morgan fingerprint density at radius 2 is 2.04 bits per heavy atom. The third-order valence-corrected chi connectivity index (χ3v) is 3.86. The number of thiazole rings is 1. The van der Waals surface area contributed by atoms with Crippen LogP contribution in [0.3, 0.4) is 0 Å². The van der Waals surface area contributed by atoms with Crippen molar-refractivity contribution >= 4 is 23.2 Å². The molecule has 0 aliphatic rings. The van der Waals surface area contributed by atoms with Crippen LogP contribution in [0.15, 0.2) is 23.5 Å². The number of nitrogens with zero attached hydrogens (tertiary/aromatic N) is 4. The quantitative estimate of drug-likeness (QED) is 0.408. The molecule has 25 heavy (non-hydrogen) atoms. The monoisotopic (exact) mass is 373 g/mol. The van der Waals surface area contributed by atoms with Gasteiger partial charge in [-0.2, -0.15) is 13.2 Å². The minimum atomic E-state index is -4.49. The average molecular weight is 373 g/mol. The van der Waals surface area contributed by atoms with Crippen LogP contribution in [0.1, 0.15) is 15.6 Å². The molecule has 11 heteroatoms. The average Bonchev–Trinajstić information content (AvgIpc) is 2.99. The van der Waals surface area contributed by atoms with E-state index in [1.807, 2.05) is 6.92 Å². The second-order valence-corrected chi connectivity index (χ2v) is 6.23. The fourth-order valence-corrected chi connectivity index (χ4v) is 2.55. The first kappa shape index (κ1) is 18.9. The van der Waals surface area contributed by atoms with Crippen molar-refractivity contribution in [2.24, 2.45) is 4.99 Å². The molecule has 0 unspecified atom stereocenters. The molecule has 2 heterocycles. The molecular weight excluding hydrogens is 355 g/mol. The molecular formula is C14H18F3N7S. The molecule has 0 amide bonds. The molecule has 0 fully saturated rings. The SMILES string of the molecule is CN=C(NCCNc1nccc(C(F)(F)F)n1)NCc1ncc(C)s1. The number of halogens is 3. The smallest absolute Gasteiger partial charge is 0.355 e. The van der Waals surface area contributed by atoms with Gasteiger partial charge in [0, 0.05) is 37.4 Å². The number of guanidine groups is 1. The van der Waals surface area contributed by atoms with Crippen molar-refractivity contribution in [2.75, 3.05) is 25.5 Å². The van der Waals surface area contributed by atoms with Gasteiger partial charge in [0.1, 0.15) is 10.7 Å². The predicted octanol–water partition coefficient (Wildman–Crippen LogP) is 2.04. The summed E-state index contributed by atoms with van der Waals surface area (Å²) in [5.41, 5.74) is -0.978. The fourth-order valence-electron chi connectivity index (χ4n) is 1.82. The molecule has 0 bridgehead atoms. The van der Waals surface area contributed by atoms with Crippen molar-refractivity contribution in [1.29, 1.82) is 0 Å². The molecule has 136 valence electrons. The number of rotatable bonds is 6.